The number of carbonyl (C=O) groups excluding carboxylic acids is 2. The topological polar surface area (TPSA) is 86.8 Å². The zero-order chi connectivity index (χ0) is 31.0. The van der Waals surface area contributed by atoms with E-state index in [1.807, 2.05) is 62.4 Å². The number of halogens is 1. The number of hydrogen-bond acceptors (Lipinski definition) is 4. The average molecular weight is 618 g/mol. The largest absolute Gasteiger partial charge is 0.355 e. The van der Waals surface area contributed by atoms with Gasteiger partial charge in [-0.25, -0.2) is 8.42 Å². The number of likely N-dealkylation sites (N-methyl/N-ethyl adjacent to an activating group) is 1. The van der Waals surface area contributed by atoms with Gasteiger partial charge in [0.1, 0.15) is 12.6 Å². The Morgan fingerprint density at radius 3 is 2.14 bits per heavy atom. The van der Waals surface area contributed by atoms with Gasteiger partial charge in [-0.15, -0.1) is 0 Å². The summed E-state index contributed by atoms with van der Waals surface area (Å²) in [5, 5.41) is 3.30. The number of hydrogen-bond donors (Lipinski definition) is 1. The SMILES string of the molecule is CCNC(=O)[C@@H](Cc1ccccc1)N(Cc1ccccc1Cl)C(=O)CN(c1cc(C)ccc1C)S(=O)(=O)c1ccccc1. The van der Waals surface area contributed by atoms with Crippen LogP contribution >= 0.6 is 11.6 Å². The first-order chi connectivity index (χ1) is 20.6. The lowest BCUT2D eigenvalue weighted by Crippen LogP contribution is -2.53. The van der Waals surface area contributed by atoms with E-state index < -0.39 is 28.5 Å². The summed E-state index contributed by atoms with van der Waals surface area (Å²) < 4.78 is 29.4. The van der Waals surface area contributed by atoms with Gasteiger partial charge in [-0.2, -0.15) is 0 Å². The molecule has 0 aliphatic carbocycles. The highest BCUT2D eigenvalue weighted by molar-refractivity contribution is 7.92. The van der Waals surface area contributed by atoms with E-state index in [9.17, 15) is 18.0 Å². The third-order valence-corrected chi connectivity index (χ3v) is 9.31. The van der Waals surface area contributed by atoms with E-state index in [4.69, 9.17) is 11.6 Å². The van der Waals surface area contributed by atoms with Gasteiger partial charge in [0.05, 0.1) is 10.6 Å². The van der Waals surface area contributed by atoms with Gasteiger partial charge in [0, 0.05) is 24.5 Å². The van der Waals surface area contributed by atoms with E-state index in [1.54, 1.807) is 49.4 Å². The van der Waals surface area contributed by atoms with Crippen molar-refractivity contribution in [3.8, 4) is 0 Å². The zero-order valence-corrected chi connectivity index (χ0v) is 26.1. The standard InChI is InChI=1S/C34H36ClN3O4S/c1-4-36-34(40)32(22-27-13-7-5-8-14-27)37(23-28-15-11-12-18-30(28)35)33(39)24-38(31-21-25(2)19-20-26(31)3)43(41,42)29-16-9-6-10-17-29/h5-21,32H,4,22-24H2,1-3H3,(H,36,40)/t32-/m1/s1. The molecule has 9 heteroatoms. The van der Waals surface area contributed by atoms with Gasteiger partial charge < -0.3 is 10.2 Å². The lowest BCUT2D eigenvalue weighted by Gasteiger charge is -2.34. The highest BCUT2D eigenvalue weighted by Gasteiger charge is 2.35. The number of amides is 2. The van der Waals surface area contributed by atoms with Crippen LogP contribution < -0.4 is 9.62 Å². The van der Waals surface area contributed by atoms with Crippen LogP contribution in [0.15, 0.2) is 108 Å². The molecule has 1 N–H and O–H groups in total. The molecule has 0 spiro atoms. The maximum atomic E-state index is 14.5. The van der Waals surface area contributed by atoms with Crippen molar-refractivity contribution >= 4 is 39.1 Å². The normalized spacial score (nSPS) is 11.9. The van der Waals surface area contributed by atoms with Gasteiger partial charge in [0.2, 0.25) is 11.8 Å². The van der Waals surface area contributed by atoms with Crippen LogP contribution in [-0.4, -0.2) is 44.3 Å². The highest BCUT2D eigenvalue weighted by Crippen LogP contribution is 2.29. The summed E-state index contributed by atoms with van der Waals surface area (Å²) in [4.78, 5) is 29.5. The Hall–Kier alpha value is -4.14. The molecule has 0 aliphatic rings. The molecule has 1 atom stereocenters. The molecule has 43 heavy (non-hydrogen) atoms. The van der Waals surface area contributed by atoms with E-state index >= 15 is 0 Å². The fourth-order valence-corrected chi connectivity index (χ4v) is 6.56. The maximum absolute atomic E-state index is 14.5. The molecule has 0 unspecified atom stereocenters. The van der Waals surface area contributed by atoms with Crippen LogP contribution in [0.1, 0.15) is 29.2 Å². The number of sulfonamides is 1. The van der Waals surface area contributed by atoms with Crippen LogP contribution in [-0.2, 0) is 32.6 Å². The molecule has 0 saturated carbocycles. The molecule has 4 rings (SSSR count). The van der Waals surface area contributed by atoms with E-state index in [0.717, 1.165) is 15.4 Å². The van der Waals surface area contributed by atoms with Crippen molar-refractivity contribution in [2.75, 3.05) is 17.4 Å². The van der Waals surface area contributed by atoms with Gasteiger partial charge in [-0.05, 0) is 67.3 Å². The first-order valence-corrected chi connectivity index (χ1v) is 15.9. The first kappa shape index (κ1) is 31.8. The number of benzene rings is 4. The maximum Gasteiger partial charge on any atom is 0.264 e. The van der Waals surface area contributed by atoms with E-state index in [-0.39, 0.29) is 23.8 Å². The molecule has 0 fully saturated rings. The molecule has 0 saturated heterocycles. The quantitative estimate of drug-likeness (QED) is 0.214. The summed E-state index contributed by atoms with van der Waals surface area (Å²) in [6, 6.07) is 29.1. The van der Waals surface area contributed by atoms with Gasteiger partial charge in [-0.3, -0.25) is 13.9 Å². The minimum absolute atomic E-state index is 0.0131. The monoisotopic (exact) mass is 617 g/mol. The molecule has 4 aromatic rings. The fraction of sp³-hybridized carbons (Fsp3) is 0.235. The second-order valence-electron chi connectivity index (χ2n) is 10.3. The third-order valence-electron chi connectivity index (χ3n) is 7.16. The van der Waals surface area contributed by atoms with Crippen molar-refractivity contribution in [1.82, 2.24) is 10.2 Å². The van der Waals surface area contributed by atoms with Crippen molar-refractivity contribution in [3.05, 3.63) is 130 Å². The summed E-state index contributed by atoms with van der Waals surface area (Å²) in [6.45, 7) is 5.35. The second kappa shape index (κ2) is 14.4. The summed E-state index contributed by atoms with van der Waals surface area (Å²) in [5.74, 6) is -0.872. The van der Waals surface area contributed by atoms with Crippen LogP contribution in [0.2, 0.25) is 5.02 Å². The lowest BCUT2D eigenvalue weighted by atomic mass is 10.0. The molecule has 0 aromatic heterocycles. The number of anilines is 1. The predicted octanol–water partition coefficient (Wildman–Crippen LogP) is 5.93. The van der Waals surface area contributed by atoms with Gasteiger partial charge in [0.25, 0.3) is 10.0 Å². The number of carbonyl (C=O) groups is 2. The third kappa shape index (κ3) is 7.83. The van der Waals surface area contributed by atoms with Crippen LogP contribution in [0.5, 0.6) is 0 Å². The molecule has 0 heterocycles. The van der Waals surface area contributed by atoms with Gasteiger partial charge >= 0.3 is 0 Å². The Bertz CT molecular complexity index is 1660. The van der Waals surface area contributed by atoms with Crippen LogP contribution in [0.4, 0.5) is 5.69 Å². The van der Waals surface area contributed by atoms with Crippen molar-refractivity contribution < 1.29 is 18.0 Å². The minimum Gasteiger partial charge on any atom is -0.355 e. The second-order valence-corrected chi connectivity index (χ2v) is 12.6. The highest BCUT2D eigenvalue weighted by atomic mass is 35.5. The van der Waals surface area contributed by atoms with Crippen LogP contribution in [0.25, 0.3) is 0 Å². The number of nitrogens with one attached hydrogen (secondary N) is 1. The Morgan fingerprint density at radius 2 is 1.49 bits per heavy atom. The van der Waals surface area contributed by atoms with Crippen molar-refractivity contribution in [1.29, 1.82) is 0 Å². The molecular formula is C34H36ClN3O4S. The van der Waals surface area contributed by atoms with Crippen LogP contribution in [0, 0.1) is 13.8 Å². The predicted molar refractivity (Wildman–Crippen MR) is 172 cm³/mol. The van der Waals surface area contributed by atoms with E-state index in [2.05, 4.69) is 5.32 Å². The molecule has 7 nitrogen and oxygen atoms in total. The number of nitrogens with zero attached hydrogens (tertiary/aromatic N) is 2. The molecule has 0 aliphatic heterocycles. The molecule has 4 aromatic carbocycles. The van der Waals surface area contributed by atoms with Gasteiger partial charge in [0.15, 0.2) is 0 Å². The van der Waals surface area contributed by atoms with Gasteiger partial charge in [-0.1, -0.05) is 90.5 Å². The zero-order valence-electron chi connectivity index (χ0n) is 24.5. The van der Waals surface area contributed by atoms with Crippen molar-refractivity contribution in [2.24, 2.45) is 0 Å². The Morgan fingerprint density at radius 1 is 0.860 bits per heavy atom. The first-order valence-electron chi connectivity index (χ1n) is 14.1. The van der Waals surface area contributed by atoms with Crippen LogP contribution in [0.3, 0.4) is 0 Å². The summed E-state index contributed by atoms with van der Waals surface area (Å²) in [5.41, 5.74) is 3.44. The molecular weight excluding hydrogens is 582 g/mol. The smallest absolute Gasteiger partial charge is 0.264 e. The summed E-state index contributed by atoms with van der Waals surface area (Å²) in [7, 11) is -4.16. The molecule has 0 radical (unpaired) electrons. The molecule has 2 amide bonds. The van der Waals surface area contributed by atoms with Crippen molar-refractivity contribution in [3.63, 3.8) is 0 Å². The molecule has 224 valence electrons. The van der Waals surface area contributed by atoms with Crippen molar-refractivity contribution in [2.45, 2.75) is 44.7 Å². The van der Waals surface area contributed by atoms with E-state index in [1.165, 1.54) is 17.0 Å². The molecule has 0 bridgehead atoms. The van der Waals surface area contributed by atoms with E-state index in [0.29, 0.717) is 28.4 Å². The number of aryl methyl sites for hydroxylation is 2. The lowest BCUT2D eigenvalue weighted by molar-refractivity contribution is -0.140. The Kier molecular flexibility index (Phi) is 10.6. The summed E-state index contributed by atoms with van der Waals surface area (Å²) >= 11 is 6.53. The minimum atomic E-state index is -4.16. The average Bonchev–Trinajstić information content (AvgIpc) is 3.00. The number of rotatable bonds is 12. The Labute approximate surface area is 259 Å². The Balaban J connectivity index is 1.83. The fourth-order valence-electron chi connectivity index (χ4n) is 4.88. The summed E-state index contributed by atoms with van der Waals surface area (Å²) in [6.07, 6.45) is 0.234.